The van der Waals surface area contributed by atoms with Crippen LogP contribution in [-0.4, -0.2) is 34.3 Å². The number of nitrogens with one attached hydrogen (secondary N) is 1. The number of nitrogens with two attached hydrogens (primary N) is 1. The number of aliphatic hydroxyl groups excluding tert-OH is 1. The molecule has 0 spiro atoms. The van der Waals surface area contributed by atoms with E-state index in [4.69, 9.17) is 10.5 Å². The summed E-state index contributed by atoms with van der Waals surface area (Å²) in [6.45, 7) is 4.05. The zero-order valence-electron chi connectivity index (χ0n) is 10.5. The summed E-state index contributed by atoms with van der Waals surface area (Å²) < 4.78 is 5.02. The van der Waals surface area contributed by atoms with Gasteiger partial charge in [-0.1, -0.05) is 13.8 Å². The van der Waals surface area contributed by atoms with Crippen molar-refractivity contribution in [2.24, 2.45) is 0 Å². The fourth-order valence-electron chi connectivity index (χ4n) is 1.57. The highest BCUT2D eigenvalue weighted by Crippen LogP contribution is 2.23. The molecule has 0 aromatic carbocycles. The maximum Gasteiger partial charge on any atom is 0.225 e. The fourth-order valence-corrected chi connectivity index (χ4v) is 1.57. The molecule has 0 aliphatic carbocycles. The largest absolute Gasteiger partial charge is 0.481 e. The van der Waals surface area contributed by atoms with E-state index in [1.165, 1.54) is 7.11 Å². The lowest BCUT2D eigenvalue weighted by Gasteiger charge is -2.31. The number of aromatic nitrogens is 2. The summed E-state index contributed by atoms with van der Waals surface area (Å²) in [4.78, 5) is 7.98. The summed E-state index contributed by atoms with van der Waals surface area (Å²) in [5, 5.41) is 12.7. The lowest BCUT2D eigenvalue weighted by molar-refractivity contribution is 0.202. The normalized spacial score (nSPS) is 11.3. The monoisotopic (exact) mass is 240 g/mol. The molecule has 1 heterocycles. The molecule has 1 rings (SSSR count). The molecule has 96 valence electrons. The minimum atomic E-state index is -0.383. The minimum Gasteiger partial charge on any atom is -0.481 e. The van der Waals surface area contributed by atoms with Crippen molar-refractivity contribution >= 4 is 11.8 Å². The van der Waals surface area contributed by atoms with E-state index in [0.29, 0.717) is 11.7 Å². The van der Waals surface area contributed by atoms with Gasteiger partial charge in [0.25, 0.3) is 0 Å². The smallest absolute Gasteiger partial charge is 0.225 e. The third-order valence-corrected chi connectivity index (χ3v) is 2.98. The molecule has 6 nitrogen and oxygen atoms in total. The average Bonchev–Trinajstić information content (AvgIpc) is 2.35. The van der Waals surface area contributed by atoms with Gasteiger partial charge in [-0.05, 0) is 12.8 Å². The first-order valence-corrected chi connectivity index (χ1v) is 5.66. The highest BCUT2D eigenvalue weighted by atomic mass is 16.5. The topological polar surface area (TPSA) is 93.3 Å². The van der Waals surface area contributed by atoms with Gasteiger partial charge < -0.3 is 20.9 Å². The maximum atomic E-state index is 9.47. The number of hydrogen-bond donors (Lipinski definition) is 3. The van der Waals surface area contributed by atoms with Crippen LogP contribution in [0.15, 0.2) is 6.07 Å². The molecule has 0 amide bonds. The van der Waals surface area contributed by atoms with E-state index >= 15 is 0 Å². The van der Waals surface area contributed by atoms with Crippen molar-refractivity contribution in [1.82, 2.24) is 9.97 Å². The SMILES string of the molecule is CCC(CC)(CO)Nc1cc(OC)nc(N)n1. The molecule has 1 aromatic heterocycles. The Hall–Kier alpha value is -1.56. The van der Waals surface area contributed by atoms with Gasteiger partial charge in [0.15, 0.2) is 0 Å². The zero-order valence-corrected chi connectivity index (χ0v) is 10.5. The molecule has 17 heavy (non-hydrogen) atoms. The summed E-state index contributed by atoms with van der Waals surface area (Å²) in [6, 6.07) is 1.66. The van der Waals surface area contributed by atoms with Crippen LogP contribution < -0.4 is 15.8 Å². The standard InChI is InChI=1S/C11H20N4O2/c1-4-11(5-2,7-16)15-8-6-9(17-3)14-10(12)13-8/h6,16H,4-5,7H2,1-3H3,(H3,12,13,14,15). The van der Waals surface area contributed by atoms with Crippen LogP contribution in [0.3, 0.4) is 0 Å². The molecule has 0 radical (unpaired) electrons. The van der Waals surface area contributed by atoms with E-state index in [1.54, 1.807) is 6.07 Å². The summed E-state index contributed by atoms with van der Waals surface area (Å²) >= 11 is 0. The third-order valence-electron chi connectivity index (χ3n) is 2.98. The van der Waals surface area contributed by atoms with E-state index in [0.717, 1.165) is 12.8 Å². The van der Waals surface area contributed by atoms with Crippen molar-refractivity contribution in [2.45, 2.75) is 32.2 Å². The molecule has 0 atom stereocenters. The second-order valence-electron chi connectivity index (χ2n) is 3.92. The number of hydrogen-bond acceptors (Lipinski definition) is 6. The molecular weight excluding hydrogens is 220 g/mol. The average molecular weight is 240 g/mol. The van der Waals surface area contributed by atoms with Crippen LogP contribution in [-0.2, 0) is 0 Å². The van der Waals surface area contributed by atoms with Crippen LogP contribution in [0, 0.1) is 0 Å². The van der Waals surface area contributed by atoms with Gasteiger partial charge in [-0.2, -0.15) is 9.97 Å². The van der Waals surface area contributed by atoms with Gasteiger partial charge in [0.2, 0.25) is 11.8 Å². The Bertz CT molecular complexity index is 358. The lowest BCUT2D eigenvalue weighted by Crippen LogP contribution is -2.41. The predicted octanol–water partition coefficient (Wildman–Crippen LogP) is 1.03. The van der Waals surface area contributed by atoms with E-state index in [9.17, 15) is 5.11 Å². The maximum absolute atomic E-state index is 9.47. The zero-order chi connectivity index (χ0) is 12.9. The minimum absolute atomic E-state index is 0.0340. The van der Waals surface area contributed by atoms with Crippen molar-refractivity contribution in [3.05, 3.63) is 6.07 Å². The van der Waals surface area contributed by atoms with Crippen LogP contribution in [0.25, 0.3) is 0 Å². The van der Waals surface area contributed by atoms with Gasteiger partial charge in [-0.15, -0.1) is 0 Å². The molecule has 0 fully saturated rings. The first-order chi connectivity index (χ1) is 8.09. The van der Waals surface area contributed by atoms with Crippen molar-refractivity contribution in [2.75, 3.05) is 24.8 Å². The third kappa shape index (κ3) is 3.20. The van der Waals surface area contributed by atoms with E-state index in [1.807, 2.05) is 13.8 Å². The van der Waals surface area contributed by atoms with Crippen molar-refractivity contribution in [1.29, 1.82) is 0 Å². The molecule has 0 bridgehead atoms. The van der Waals surface area contributed by atoms with E-state index in [-0.39, 0.29) is 18.1 Å². The van der Waals surface area contributed by atoms with Gasteiger partial charge >= 0.3 is 0 Å². The number of ether oxygens (including phenoxy) is 1. The van der Waals surface area contributed by atoms with Gasteiger partial charge in [0, 0.05) is 6.07 Å². The molecule has 1 aromatic rings. The van der Waals surface area contributed by atoms with Crippen LogP contribution >= 0.6 is 0 Å². The van der Waals surface area contributed by atoms with E-state index in [2.05, 4.69) is 15.3 Å². The number of nitrogens with zero attached hydrogens (tertiary/aromatic N) is 2. The first-order valence-electron chi connectivity index (χ1n) is 5.66. The fraction of sp³-hybridized carbons (Fsp3) is 0.636. The van der Waals surface area contributed by atoms with Gasteiger partial charge in [0.1, 0.15) is 5.82 Å². The Kier molecular flexibility index (Phi) is 4.51. The van der Waals surface area contributed by atoms with Crippen molar-refractivity contribution in [3.8, 4) is 5.88 Å². The Morgan fingerprint density at radius 3 is 2.53 bits per heavy atom. The number of anilines is 2. The van der Waals surface area contributed by atoms with Crippen LogP contribution in [0.4, 0.5) is 11.8 Å². The summed E-state index contributed by atoms with van der Waals surface area (Å²) in [7, 11) is 1.52. The molecule has 4 N–H and O–H groups in total. The van der Waals surface area contributed by atoms with Gasteiger partial charge in [0.05, 0.1) is 19.3 Å². The number of aliphatic hydroxyl groups is 1. The molecular formula is C11H20N4O2. The second-order valence-corrected chi connectivity index (χ2v) is 3.92. The van der Waals surface area contributed by atoms with Crippen molar-refractivity contribution in [3.63, 3.8) is 0 Å². The number of methoxy groups -OCH3 is 1. The van der Waals surface area contributed by atoms with E-state index < -0.39 is 0 Å². The predicted molar refractivity (Wildman–Crippen MR) is 67.0 cm³/mol. The van der Waals surface area contributed by atoms with Crippen molar-refractivity contribution < 1.29 is 9.84 Å². The van der Waals surface area contributed by atoms with Crippen LogP contribution in [0.5, 0.6) is 5.88 Å². The molecule has 0 saturated carbocycles. The Labute approximate surface area is 101 Å². The molecule has 0 aliphatic heterocycles. The lowest BCUT2D eigenvalue weighted by atomic mass is 9.94. The molecule has 0 saturated heterocycles. The summed E-state index contributed by atoms with van der Waals surface area (Å²) in [6.07, 6.45) is 1.57. The Morgan fingerprint density at radius 1 is 1.41 bits per heavy atom. The van der Waals surface area contributed by atoms with Gasteiger partial charge in [-0.3, -0.25) is 0 Å². The number of nitrogen functional groups attached to an aromatic ring is 1. The first kappa shape index (κ1) is 13.5. The Balaban J connectivity index is 2.96. The molecule has 0 aliphatic rings. The summed E-state index contributed by atoms with van der Waals surface area (Å²) in [5.41, 5.74) is 5.19. The molecule has 6 heteroatoms. The second kappa shape index (κ2) is 5.67. The highest BCUT2D eigenvalue weighted by molar-refractivity contribution is 5.44. The number of rotatable bonds is 6. The van der Waals surface area contributed by atoms with Gasteiger partial charge in [-0.25, -0.2) is 0 Å². The quantitative estimate of drug-likeness (QED) is 0.687. The Morgan fingerprint density at radius 2 is 2.06 bits per heavy atom. The summed E-state index contributed by atoms with van der Waals surface area (Å²) in [5.74, 6) is 1.11. The van der Waals surface area contributed by atoms with Crippen LogP contribution in [0.1, 0.15) is 26.7 Å². The molecule has 0 unspecified atom stereocenters. The highest BCUT2D eigenvalue weighted by Gasteiger charge is 2.25. The van der Waals surface area contributed by atoms with Crippen LogP contribution in [0.2, 0.25) is 0 Å².